The number of halogens is 1. The monoisotopic (exact) mass is 363 g/mol. The highest BCUT2D eigenvalue weighted by Gasteiger charge is 2.14. The van der Waals surface area contributed by atoms with Crippen molar-refractivity contribution in [2.24, 2.45) is 10.8 Å². The van der Waals surface area contributed by atoms with Gasteiger partial charge < -0.3 is 5.73 Å². The molecule has 8 heteroatoms. The van der Waals surface area contributed by atoms with Crippen LogP contribution in [-0.2, 0) is 9.84 Å². The zero-order chi connectivity index (χ0) is 14.5. The molecule has 0 saturated carbocycles. The second-order valence-electron chi connectivity index (χ2n) is 3.85. The smallest absolute Gasteiger partial charge is 0.184 e. The molecule has 1 aromatic carbocycles. The van der Waals surface area contributed by atoms with Crippen molar-refractivity contribution in [2.45, 2.75) is 18.2 Å². The van der Waals surface area contributed by atoms with E-state index in [4.69, 9.17) is 5.73 Å². The topological polar surface area (TPSA) is 84.5 Å². The van der Waals surface area contributed by atoms with Crippen LogP contribution in [0, 0.1) is 0 Å². The van der Waals surface area contributed by atoms with Gasteiger partial charge in [-0.2, -0.15) is 5.10 Å². The maximum Gasteiger partial charge on any atom is 0.184 e. The van der Waals surface area contributed by atoms with E-state index in [0.717, 1.165) is 4.47 Å². The molecule has 0 saturated heterocycles. The molecule has 0 aromatic heterocycles. The number of benzene rings is 1. The minimum Gasteiger partial charge on any atom is -0.375 e. The van der Waals surface area contributed by atoms with E-state index in [2.05, 4.69) is 38.7 Å². The molecular formula is C11H14BrN3O2S2. The van der Waals surface area contributed by atoms with Crippen LogP contribution >= 0.6 is 28.1 Å². The van der Waals surface area contributed by atoms with Crippen molar-refractivity contribution in [3.63, 3.8) is 0 Å². The lowest BCUT2D eigenvalue weighted by Crippen LogP contribution is -2.25. The summed E-state index contributed by atoms with van der Waals surface area (Å²) in [6, 6.07) is 6.53. The molecule has 5 nitrogen and oxygen atoms in total. The lowest BCUT2D eigenvalue weighted by Gasteiger charge is -2.05. The Labute approximate surface area is 126 Å². The third-order valence-corrected chi connectivity index (χ3v) is 4.61. The van der Waals surface area contributed by atoms with Gasteiger partial charge in [0.05, 0.1) is 10.6 Å². The van der Waals surface area contributed by atoms with Gasteiger partial charge in [-0.1, -0.05) is 15.9 Å². The van der Waals surface area contributed by atoms with Gasteiger partial charge in [0, 0.05) is 16.6 Å². The second-order valence-corrected chi connectivity index (χ2v) is 7.31. The minimum atomic E-state index is -3.30. The number of nitrogens with zero attached hydrogens (tertiary/aromatic N) is 1. The molecule has 0 amide bonds. The van der Waals surface area contributed by atoms with Crippen LogP contribution in [-0.4, -0.2) is 25.0 Å². The predicted octanol–water partition coefficient (Wildman–Crippen LogP) is 1.82. The van der Waals surface area contributed by atoms with E-state index in [-0.39, 0.29) is 10.9 Å². The molecule has 0 unspecified atom stereocenters. The fraction of sp³-hybridized carbons (Fsp3) is 0.273. The number of thiocarbonyl (C=S) groups is 1. The Morgan fingerprint density at radius 2 is 2.00 bits per heavy atom. The third kappa shape index (κ3) is 5.66. The molecule has 0 aliphatic rings. The molecule has 0 atom stereocenters. The Morgan fingerprint density at radius 3 is 2.53 bits per heavy atom. The Bertz CT molecular complexity index is 582. The summed E-state index contributed by atoms with van der Waals surface area (Å²) in [6.07, 6.45) is 0.314. The summed E-state index contributed by atoms with van der Waals surface area (Å²) >= 11 is 7.86. The highest BCUT2D eigenvalue weighted by Crippen LogP contribution is 2.16. The molecule has 0 bridgehead atoms. The van der Waals surface area contributed by atoms with Crippen molar-refractivity contribution in [2.75, 3.05) is 5.75 Å². The zero-order valence-corrected chi connectivity index (χ0v) is 13.5. The van der Waals surface area contributed by atoms with E-state index in [1.807, 2.05) is 0 Å². The number of rotatable bonds is 5. The number of sulfone groups is 1. The SMILES string of the molecule is CC(CCS(=O)(=O)c1ccc(Br)cc1)=NNC(N)=S. The molecule has 0 spiro atoms. The number of hydrogen-bond acceptors (Lipinski definition) is 4. The second kappa shape index (κ2) is 6.97. The number of nitrogens with one attached hydrogen (secondary N) is 1. The van der Waals surface area contributed by atoms with Crippen molar-refractivity contribution in [3.05, 3.63) is 28.7 Å². The van der Waals surface area contributed by atoms with E-state index in [0.29, 0.717) is 17.0 Å². The van der Waals surface area contributed by atoms with Gasteiger partial charge in [0.15, 0.2) is 14.9 Å². The van der Waals surface area contributed by atoms with Gasteiger partial charge >= 0.3 is 0 Å². The molecule has 104 valence electrons. The molecule has 0 aliphatic carbocycles. The van der Waals surface area contributed by atoms with Crippen LogP contribution in [0.1, 0.15) is 13.3 Å². The van der Waals surface area contributed by atoms with E-state index in [1.54, 1.807) is 31.2 Å². The molecule has 3 N–H and O–H groups in total. The van der Waals surface area contributed by atoms with Crippen LogP contribution in [0.25, 0.3) is 0 Å². The van der Waals surface area contributed by atoms with Crippen LogP contribution < -0.4 is 11.2 Å². The Balaban J connectivity index is 2.68. The summed E-state index contributed by atoms with van der Waals surface area (Å²) < 4.78 is 24.9. The van der Waals surface area contributed by atoms with Gasteiger partial charge in [-0.15, -0.1) is 0 Å². The zero-order valence-electron chi connectivity index (χ0n) is 10.3. The van der Waals surface area contributed by atoms with Gasteiger partial charge in [-0.25, -0.2) is 8.42 Å². The van der Waals surface area contributed by atoms with Crippen molar-refractivity contribution in [3.8, 4) is 0 Å². The first kappa shape index (κ1) is 16.1. The number of hydrogen-bond donors (Lipinski definition) is 2. The predicted molar refractivity (Wildman–Crippen MR) is 83.8 cm³/mol. The summed E-state index contributed by atoms with van der Waals surface area (Å²) in [5.41, 5.74) is 8.26. The molecule has 1 aromatic rings. The molecule has 1 rings (SSSR count). The van der Waals surface area contributed by atoms with Crippen LogP contribution in [0.15, 0.2) is 38.7 Å². The van der Waals surface area contributed by atoms with Crippen molar-refractivity contribution in [1.82, 2.24) is 5.43 Å². The summed E-state index contributed by atoms with van der Waals surface area (Å²) in [5, 5.41) is 3.91. The number of nitrogens with two attached hydrogens (primary N) is 1. The first-order valence-electron chi connectivity index (χ1n) is 5.38. The van der Waals surface area contributed by atoms with Crippen molar-refractivity contribution in [1.29, 1.82) is 0 Å². The maximum absolute atomic E-state index is 12.0. The Morgan fingerprint density at radius 1 is 1.42 bits per heavy atom. The third-order valence-electron chi connectivity index (χ3n) is 2.26. The van der Waals surface area contributed by atoms with E-state index in [1.165, 1.54) is 0 Å². The average molecular weight is 364 g/mol. The minimum absolute atomic E-state index is 0.0109. The summed E-state index contributed by atoms with van der Waals surface area (Å²) in [5.74, 6) is -0.0109. The standard InChI is InChI=1S/C11H14BrN3O2S2/c1-8(14-15-11(13)18)6-7-19(16,17)10-4-2-9(12)3-5-10/h2-5H,6-7H2,1H3,(H3,13,15,18). The fourth-order valence-electron chi connectivity index (χ4n) is 1.25. The molecule has 0 aliphatic heterocycles. The molecule has 0 fully saturated rings. The van der Waals surface area contributed by atoms with Crippen LogP contribution in [0.3, 0.4) is 0 Å². The normalized spacial score (nSPS) is 12.2. The van der Waals surface area contributed by atoms with E-state index in [9.17, 15) is 8.42 Å². The van der Waals surface area contributed by atoms with Crippen LogP contribution in [0.5, 0.6) is 0 Å². The van der Waals surface area contributed by atoms with Gasteiger partial charge in [-0.05, 0) is 43.4 Å². The molecule has 19 heavy (non-hydrogen) atoms. The molecular weight excluding hydrogens is 350 g/mol. The molecule has 0 radical (unpaired) electrons. The van der Waals surface area contributed by atoms with E-state index < -0.39 is 9.84 Å². The van der Waals surface area contributed by atoms with Gasteiger partial charge in [0.25, 0.3) is 0 Å². The Kier molecular flexibility index (Phi) is 5.89. The largest absolute Gasteiger partial charge is 0.375 e. The lowest BCUT2D eigenvalue weighted by atomic mass is 10.3. The van der Waals surface area contributed by atoms with Crippen LogP contribution in [0.4, 0.5) is 0 Å². The van der Waals surface area contributed by atoms with Crippen LogP contribution in [0.2, 0.25) is 0 Å². The quantitative estimate of drug-likeness (QED) is 0.473. The first-order chi connectivity index (χ1) is 8.81. The first-order valence-corrected chi connectivity index (χ1v) is 8.23. The van der Waals surface area contributed by atoms with Crippen molar-refractivity contribution < 1.29 is 8.42 Å². The highest BCUT2D eigenvalue weighted by atomic mass is 79.9. The summed E-state index contributed by atoms with van der Waals surface area (Å²) in [6.45, 7) is 1.71. The van der Waals surface area contributed by atoms with Crippen molar-refractivity contribution >= 4 is 48.8 Å². The summed E-state index contributed by atoms with van der Waals surface area (Å²) in [4.78, 5) is 0.297. The van der Waals surface area contributed by atoms with Gasteiger partial charge in [-0.3, -0.25) is 5.43 Å². The maximum atomic E-state index is 12.0. The Hall–Kier alpha value is -0.990. The average Bonchev–Trinajstić information content (AvgIpc) is 2.34. The van der Waals surface area contributed by atoms with E-state index >= 15 is 0 Å². The fourth-order valence-corrected chi connectivity index (χ4v) is 2.91. The van der Waals surface area contributed by atoms with Gasteiger partial charge in [0.1, 0.15) is 0 Å². The number of hydrazone groups is 1. The lowest BCUT2D eigenvalue weighted by molar-refractivity contribution is 0.596. The summed E-state index contributed by atoms with van der Waals surface area (Å²) in [7, 11) is -3.30. The molecule has 0 heterocycles. The van der Waals surface area contributed by atoms with Gasteiger partial charge in [0.2, 0.25) is 0 Å². The highest BCUT2D eigenvalue weighted by molar-refractivity contribution is 9.10.